The van der Waals surface area contributed by atoms with Crippen LogP contribution in [0.25, 0.3) is 10.9 Å². The van der Waals surface area contributed by atoms with Crippen molar-refractivity contribution < 1.29 is 4.92 Å². The lowest BCUT2D eigenvalue weighted by Crippen LogP contribution is -2.28. The number of thiocarbonyl (C=S) groups is 1. The zero-order valence-corrected chi connectivity index (χ0v) is 16.0. The van der Waals surface area contributed by atoms with E-state index in [0.717, 1.165) is 48.0 Å². The van der Waals surface area contributed by atoms with Gasteiger partial charge in [0.2, 0.25) is 0 Å². The smallest absolute Gasteiger partial charge is 0.269 e. The number of para-hydroxylation sites is 1. The molecule has 0 amide bonds. The summed E-state index contributed by atoms with van der Waals surface area (Å²) in [5.41, 5.74) is 2.41. The van der Waals surface area contributed by atoms with E-state index >= 15 is 0 Å². The van der Waals surface area contributed by atoms with E-state index in [2.05, 4.69) is 9.88 Å². The molecule has 0 radical (unpaired) electrons. The van der Waals surface area contributed by atoms with E-state index in [0.29, 0.717) is 10.8 Å². The lowest BCUT2D eigenvalue weighted by molar-refractivity contribution is -0.384. The molecule has 8 heteroatoms. The Bertz CT molecular complexity index is 1120. The van der Waals surface area contributed by atoms with Crippen LogP contribution >= 0.6 is 12.2 Å². The summed E-state index contributed by atoms with van der Waals surface area (Å²) in [6.07, 6.45) is 4.31. The fourth-order valence-corrected chi connectivity index (χ4v) is 3.62. The Balaban J connectivity index is 1.74. The van der Waals surface area contributed by atoms with Crippen molar-refractivity contribution in [3.8, 4) is 0 Å². The molecule has 142 valence electrons. The molecular formula is C20H19N5O2S. The molecule has 0 aliphatic carbocycles. The van der Waals surface area contributed by atoms with Gasteiger partial charge in [0.25, 0.3) is 5.69 Å². The zero-order chi connectivity index (χ0) is 19.5. The van der Waals surface area contributed by atoms with Crippen molar-refractivity contribution in [2.45, 2.75) is 32.2 Å². The molecule has 0 fully saturated rings. The van der Waals surface area contributed by atoms with Crippen LogP contribution in [0, 0.1) is 10.1 Å². The summed E-state index contributed by atoms with van der Waals surface area (Å²) >= 11 is 5.46. The quantitative estimate of drug-likeness (QED) is 0.404. The second-order valence-corrected chi connectivity index (χ2v) is 7.06. The molecule has 2 aromatic carbocycles. The highest BCUT2D eigenvalue weighted by atomic mass is 32.1. The minimum absolute atomic E-state index is 0.0365. The summed E-state index contributed by atoms with van der Waals surface area (Å²) in [5.74, 6) is 1.04. The van der Waals surface area contributed by atoms with Crippen LogP contribution in [0.1, 0.15) is 25.1 Å². The zero-order valence-electron chi connectivity index (χ0n) is 15.2. The molecule has 1 aliphatic rings. The minimum Gasteiger partial charge on any atom is -0.331 e. The van der Waals surface area contributed by atoms with Crippen LogP contribution in [-0.2, 0) is 13.0 Å². The number of hydrogen-bond donors (Lipinski definition) is 1. The number of fused-ring (bicyclic) bond motifs is 2. The van der Waals surface area contributed by atoms with Gasteiger partial charge in [-0.05, 0) is 49.3 Å². The number of nitro groups is 1. The molecule has 0 spiro atoms. The summed E-state index contributed by atoms with van der Waals surface area (Å²) < 4.78 is 2.17. The largest absolute Gasteiger partial charge is 0.331 e. The average Bonchev–Trinajstić information content (AvgIpc) is 2.93. The Hall–Kier alpha value is -3.13. The van der Waals surface area contributed by atoms with E-state index in [1.807, 2.05) is 24.3 Å². The van der Waals surface area contributed by atoms with Gasteiger partial charge in [-0.1, -0.05) is 18.6 Å². The molecule has 2 heterocycles. The Morgan fingerprint density at radius 2 is 1.93 bits per heavy atom. The van der Waals surface area contributed by atoms with Gasteiger partial charge in [0, 0.05) is 36.2 Å². The first-order chi connectivity index (χ1) is 13.6. The molecule has 0 atom stereocenters. The van der Waals surface area contributed by atoms with E-state index in [9.17, 15) is 10.1 Å². The van der Waals surface area contributed by atoms with Gasteiger partial charge in [0.15, 0.2) is 5.11 Å². The SMILES string of the molecule is O=[N+]([O-])c1ccc(NC(=S)N=c2c3ccccc3nc3n2CCCCC3)cc1. The van der Waals surface area contributed by atoms with Crippen molar-refractivity contribution in [3.05, 3.63) is 70.0 Å². The van der Waals surface area contributed by atoms with Crippen molar-refractivity contribution in [1.82, 2.24) is 9.55 Å². The first kappa shape index (κ1) is 18.2. The highest BCUT2D eigenvalue weighted by Gasteiger charge is 2.13. The number of non-ortho nitro benzene ring substituents is 1. The summed E-state index contributed by atoms with van der Waals surface area (Å²) in [6, 6.07) is 14.1. The topological polar surface area (TPSA) is 85.3 Å². The van der Waals surface area contributed by atoms with Crippen molar-refractivity contribution in [3.63, 3.8) is 0 Å². The predicted molar refractivity (Wildman–Crippen MR) is 112 cm³/mol. The van der Waals surface area contributed by atoms with Crippen molar-refractivity contribution >= 4 is 39.6 Å². The van der Waals surface area contributed by atoms with E-state index in [1.165, 1.54) is 18.6 Å². The molecule has 28 heavy (non-hydrogen) atoms. The Morgan fingerprint density at radius 3 is 2.71 bits per heavy atom. The van der Waals surface area contributed by atoms with Crippen molar-refractivity contribution in [2.24, 2.45) is 4.99 Å². The molecule has 1 aliphatic heterocycles. The van der Waals surface area contributed by atoms with Crippen LogP contribution in [0.15, 0.2) is 53.5 Å². The molecule has 0 saturated carbocycles. The number of nitrogens with one attached hydrogen (secondary N) is 1. The Morgan fingerprint density at radius 1 is 1.14 bits per heavy atom. The second-order valence-electron chi connectivity index (χ2n) is 6.68. The number of rotatable bonds is 2. The Kier molecular flexibility index (Phi) is 5.12. The minimum atomic E-state index is -0.429. The van der Waals surface area contributed by atoms with Gasteiger partial charge in [-0.25, -0.2) is 9.98 Å². The van der Waals surface area contributed by atoms with Gasteiger partial charge in [-0.2, -0.15) is 0 Å². The van der Waals surface area contributed by atoms with Gasteiger partial charge in [-0.15, -0.1) is 0 Å². The highest BCUT2D eigenvalue weighted by Crippen LogP contribution is 2.17. The summed E-state index contributed by atoms with van der Waals surface area (Å²) in [4.78, 5) is 19.9. The van der Waals surface area contributed by atoms with Crippen molar-refractivity contribution in [2.75, 3.05) is 5.32 Å². The molecule has 1 aromatic heterocycles. The van der Waals surface area contributed by atoms with Crippen LogP contribution in [0.4, 0.5) is 11.4 Å². The highest BCUT2D eigenvalue weighted by molar-refractivity contribution is 7.80. The number of aromatic nitrogens is 2. The summed E-state index contributed by atoms with van der Waals surface area (Å²) in [5, 5.41) is 15.1. The molecule has 7 nitrogen and oxygen atoms in total. The van der Waals surface area contributed by atoms with Crippen LogP contribution in [0.5, 0.6) is 0 Å². The molecule has 0 bridgehead atoms. The van der Waals surface area contributed by atoms with Gasteiger partial charge in [0.1, 0.15) is 11.3 Å². The van der Waals surface area contributed by atoms with Gasteiger partial charge in [0.05, 0.1) is 10.4 Å². The maximum absolute atomic E-state index is 10.8. The van der Waals surface area contributed by atoms with Crippen molar-refractivity contribution in [1.29, 1.82) is 0 Å². The predicted octanol–water partition coefficient (Wildman–Crippen LogP) is 3.97. The Labute approximate surface area is 166 Å². The van der Waals surface area contributed by atoms with Crippen LogP contribution in [0.3, 0.4) is 0 Å². The van der Waals surface area contributed by atoms with E-state index in [1.54, 1.807) is 12.1 Å². The van der Waals surface area contributed by atoms with Crippen LogP contribution in [0.2, 0.25) is 0 Å². The first-order valence-corrected chi connectivity index (χ1v) is 9.61. The standard InChI is InChI=1S/C20H19N5O2S/c26-25(27)15-11-9-14(10-12-15)21-20(28)23-19-16-6-3-4-7-17(16)22-18-8-2-1-5-13-24(18)19/h3-4,6-7,9-12H,1-2,5,8,13H2,(H,21,28). The fourth-order valence-electron chi connectivity index (χ4n) is 3.42. The number of benzene rings is 2. The van der Waals surface area contributed by atoms with Crippen LogP contribution in [-0.4, -0.2) is 19.6 Å². The van der Waals surface area contributed by atoms with Gasteiger partial charge in [-0.3, -0.25) is 10.1 Å². The van der Waals surface area contributed by atoms with E-state index in [4.69, 9.17) is 22.2 Å². The molecule has 1 N–H and O–H groups in total. The number of anilines is 1. The number of aryl methyl sites for hydroxylation is 1. The molecule has 4 rings (SSSR count). The number of nitrogens with zero attached hydrogens (tertiary/aromatic N) is 4. The van der Waals surface area contributed by atoms with E-state index < -0.39 is 4.92 Å². The average molecular weight is 393 g/mol. The summed E-state index contributed by atoms with van der Waals surface area (Å²) in [6.45, 7) is 0.867. The number of hydrogen-bond acceptors (Lipinski definition) is 4. The molecule has 0 saturated heterocycles. The maximum Gasteiger partial charge on any atom is 0.269 e. The third kappa shape index (κ3) is 3.77. The fraction of sp³-hybridized carbons (Fsp3) is 0.250. The first-order valence-electron chi connectivity index (χ1n) is 9.20. The monoisotopic (exact) mass is 393 g/mol. The molecular weight excluding hydrogens is 374 g/mol. The van der Waals surface area contributed by atoms with Crippen LogP contribution < -0.4 is 10.8 Å². The maximum atomic E-state index is 10.8. The third-order valence-corrected chi connectivity index (χ3v) is 4.97. The second kappa shape index (κ2) is 7.85. The van der Waals surface area contributed by atoms with Gasteiger partial charge < -0.3 is 9.88 Å². The van der Waals surface area contributed by atoms with Gasteiger partial charge >= 0.3 is 0 Å². The lowest BCUT2D eigenvalue weighted by Gasteiger charge is -2.13. The third-order valence-electron chi connectivity index (χ3n) is 4.78. The lowest BCUT2D eigenvalue weighted by atomic mass is 10.2. The molecule has 0 unspecified atom stereocenters. The normalized spacial score (nSPS) is 14.4. The molecule has 3 aromatic rings. The number of nitro benzene ring substituents is 1. The summed E-state index contributed by atoms with van der Waals surface area (Å²) in [7, 11) is 0. The van der Waals surface area contributed by atoms with E-state index in [-0.39, 0.29) is 5.69 Å².